The van der Waals surface area contributed by atoms with Gasteiger partial charge in [0.05, 0.1) is 10.7 Å². The first-order chi connectivity index (χ1) is 9.24. The smallest absolute Gasteiger partial charge is 0.0638 e. The number of rotatable bonds is 10. The van der Waals surface area contributed by atoms with Gasteiger partial charge in [0.1, 0.15) is 0 Å². The van der Waals surface area contributed by atoms with E-state index < -0.39 is 0 Å². The molecule has 19 heavy (non-hydrogen) atoms. The zero-order valence-corrected chi connectivity index (χ0v) is 13.4. The Labute approximate surface area is 127 Å². The van der Waals surface area contributed by atoms with Crippen LogP contribution < -0.4 is 5.32 Å². The molecular weight excluding hydrogens is 277 g/mol. The van der Waals surface area contributed by atoms with Gasteiger partial charge in [-0.1, -0.05) is 75.1 Å². The van der Waals surface area contributed by atoms with Crippen LogP contribution in [0.5, 0.6) is 0 Å². The van der Waals surface area contributed by atoms with E-state index in [1.807, 2.05) is 18.2 Å². The Morgan fingerprint density at radius 2 is 1.53 bits per heavy atom. The van der Waals surface area contributed by atoms with E-state index in [1.54, 1.807) is 0 Å². The Morgan fingerprint density at radius 3 is 2.21 bits per heavy atom. The van der Waals surface area contributed by atoms with Crippen LogP contribution in [0.2, 0.25) is 10.0 Å². The van der Waals surface area contributed by atoms with Gasteiger partial charge < -0.3 is 5.32 Å². The second kappa shape index (κ2) is 10.4. The van der Waals surface area contributed by atoms with Crippen molar-refractivity contribution in [1.29, 1.82) is 0 Å². The summed E-state index contributed by atoms with van der Waals surface area (Å²) in [6, 6.07) is 5.53. The molecule has 0 spiro atoms. The summed E-state index contributed by atoms with van der Waals surface area (Å²) in [6.07, 6.45) is 10.7. The van der Waals surface area contributed by atoms with Crippen molar-refractivity contribution in [2.75, 3.05) is 11.9 Å². The number of hydrogen-bond acceptors (Lipinski definition) is 1. The van der Waals surface area contributed by atoms with Gasteiger partial charge in [0.15, 0.2) is 0 Å². The van der Waals surface area contributed by atoms with Crippen molar-refractivity contribution in [2.24, 2.45) is 0 Å². The predicted octanol–water partition coefficient (Wildman–Crippen LogP) is 6.55. The maximum Gasteiger partial charge on any atom is 0.0638 e. The first-order valence-electron chi connectivity index (χ1n) is 7.43. The van der Waals surface area contributed by atoms with Gasteiger partial charge in [-0.3, -0.25) is 0 Å². The van der Waals surface area contributed by atoms with E-state index in [4.69, 9.17) is 23.2 Å². The maximum absolute atomic E-state index is 6.09. The molecule has 3 heteroatoms. The molecule has 0 radical (unpaired) electrons. The Hall–Kier alpha value is -0.400. The summed E-state index contributed by atoms with van der Waals surface area (Å²) in [5.41, 5.74) is 0.942. The van der Waals surface area contributed by atoms with Gasteiger partial charge in [-0.2, -0.15) is 0 Å². The molecule has 0 amide bonds. The highest BCUT2D eigenvalue weighted by Crippen LogP contribution is 2.25. The van der Waals surface area contributed by atoms with Crippen molar-refractivity contribution in [2.45, 2.75) is 58.3 Å². The second-order valence-corrected chi connectivity index (χ2v) is 5.87. The molecule has 0 aromatic heterocycles. The standard InChI is InChI=1S/C16H25Cl2N/c1-2-3-4-5-6-7-8-9-12-19-16-13-14(17)10-11-15(16)18/h10-11,13,19H,2-9,12H2,1H3. The third-order valence-electron chi connectivity index (χ3n) is 3.27. The van der Waals surface area contributed by atoms with Gasteiger partial charge in [-0.05, 0) is 24.6 Å². The van der Waals surface area contributed by atoms with Crippen LogP contribution in [0.3, 0.4) is 0 Å². The van der Waals surface area contributed by atoms with Gasteiger partial charge in [-0.15, -0.1) is 0 Å². The van der Waals surface area contributed by atoms with E-state index in [2.05, 4.69) is 12.2 Å². The average molecular weight is 302 g/mol. The first kappa shape index (κ1) is 16.7. The normalized spacial score (nSPS) is 10.7. The van der Waals surface area contributed by atoms with E-state index in [0.717, 1.165) is 22.3 Å². The zero-order chi connectivity index (χ0) is 13.9. The fraction of sp³-hybridized carbons (Fsp3) is 0.625. The third-order valence-corrected chi connectivity index (χ3v) is 3.84. The minimum absolute atomic E-state index is 0.725. The van der Waals surface area contributed by atoms with E-state index in [1.165, 1.54) is 51.4 Å². The van der Waals surface area contributed by atoms with E-state index in [0.29, 0.717) is 0 Å². The fourth-order valence-corrected chi connectivity index (χ4v) is 2.47. The lowest BCUT2D eigenvalue weighted by molar-refractivity contribution is 0.581. The zero-order valence-electron chi connectivity index (χ0n) is 11.9. The molecule has 0 unspecified atom stereocenters. The predicted molar refractivity (Wildman–Crippen MR) is 87.6 cm³/mol. The highest BCUT2D eigenvalue weighted by atomic mass is 35.5. The number of unbranched alkanes of at least 4 members (excludes halogenated alkanes) is 7. The van der Waals surface area contributed by atoms with Crippen LogP contribution >= 0.6 is 23.2 Å². The number of benzene rings is 1. The van der Waals surface area contributed by atoms with Crippen LogP contribution in [-0.4, -0.2) is 6.54 Å². The molecule has 0 aliphatic heterocycles. The van der Waals surface area contributed by atoms with Crippen molar-refractivity contribution >= 4 is 28.9 Å². The first-order valence-corrected chi connectivity index (χ1v) is 8.18. The summed E-state index contributed by atoms with van der Waals surface area (Å²) in [4.78, 5) is 0. The molecule has 1 N–H and O–H groups in total. The average Bonchev–Trinajstić information content (AvgIpc) is 2.40. The molecule has 0 atom stereocenters. The summed E-state index contributed by atoms with van der Waals surface area (Å²) in [6.45, 7) is 3.22. The van der Waals surface area contributed by atoms with Crippen LogP contribution in [0.1, 0.15) is 58.3 Å². The highest BCUT2D eigenvalue weighted by Gasteiger charge is 2.00. The lowest BCUT2D eigenvalue weighted by Crippen LogP contribution is -2.01. The van der Waals surface area contributed by atoms with Gasteiger partial charge in [0.2, 0.25) is 0 Å². The monoisotopic (exact) mass is 301 g/mol. The van der Waals surface area contributed by atoms with Crippen molar-refractivity contribution in [3.8, 4) is 0 Å². The lowest BCUT2D eigenvalue weighted by Gasteiger charge is -2.08. The summed E-state index contributed by atoms with van der Waals surface area (Å²) < 4.78 is 0. The molecule has 0 aliphatic rings. The molecule has 108 valence electrons. The van der Waals surface area contributed by atoms with Gasteiger partial charge >= 0.3 is 0 Å². The summed E-state index contributed by atoms with van der Waals surface area (Å²) >= 11 is 12.0. The highest BCUT2D eigenvalue weighted by molar-refractivity contribution is 6.35. The SMILES string of the molecule is CCCCCCCCCCNc1cc(Cl)ccc1Cl. The summed E-state index contributed by atoms with van der Waals surface area (Å²) in [5, 5.41) is 4.81. The van der Waals surface area contributed by atoms with Crippen molar-refractivity contribution in [1.82, 2.24) is 0 Å². The number of nitrogens with one attached hydrogen (secondary N) is 1. The van der Waals surface area contributed by atoms with Crippen LogP contribution in [-0.2, 0) is 0 Å². The van der Waals surface area contributed by atoms with Crippen LogP contribution in [0, 0.1) is 0 Å². The lowest BCUT2D eigenvalue weighted by atomic mass is 10.1. The molecule has 0 heterocycles. The molecule has 1 aromatic carbocycles. The number of halogens is 2. The van der Waals surface area contributed by atoms with E-state index in [9.17, 15) is 0 Å². The molecule has 1 nitrogen and oxygen atoms in total. The van der Waals surface area contributed by atoms with Gasteiger partial charge in [-0.25, -0.2) is 0 Å². The van der Waals surface area contributed by atoms with Crippen LogP contribution in [0.25, 0.3) is 0 Å². The van der Waals surface area contributed by atoms with E-state index in [-0.39, 0.29) is 0 Å². The molecule has 1 rings (SSSR count). The van der Waals surface area contributed by atoms with Crippen LogP contribution in [0.4, 0.5) is 5.69 Å². The number of anilines is 1. The van der Waals surface area contributed by atoms with Gasteiger partial charge in [0.25, 0.3) is 0 Å². The van der Waals surface area contributed by atoms with Crippen LogP contribution in [0.15, 0.2) is 18.2 Å². The topological polar surface area (TPSA) is 12.0 Å². The maximum atomic E-state index is 6.09. The largest absolute Gasteiger partial charge is 0.384 e. The summed E-state index contributed by atoms with van der Waals surface area (Å²) in [7, 11) is 0. The quantitative estimate of drug-likeness (QED) is 0.483. The Kier molecular flexibility index (Phi) is 9.11. The minimum atomic E-state index is 0.725. The molecular formula is C16H25Cl2N. The Balaban J connectivity index is 2.03. The summed E-state index contributed by atoms with van der Waals surface area (Å²) in [5.74, 6) is 0. The van der Waals surface area contributed by atoms with Crippen molar-refractivity contribution < 1.29 is 0 Å². The number of hydrogen-bond donors (Lipinski definition) is 1. The molecule has 1 aromatic rings. The second-order valence-electron chi connectivity index (χ2n) is 5.03. The molecule has 0 saturated heterocycles. The minimum Gasteiger partial charge on any atom is -0.384 e. The van der Waals surface area contributed by atoms with Crippen molar-refractivity contribution in [3.63, 3.8) is 0 Å². The van der Waals surface area contributed by atoms with Gasteiger partial charge in [0, 0.05) is 11.6 Å². The van der Waals surface area contributed by atoms with Crippen molar-refractivity contribution in [3.05, 3.63) is 28.2 Å². The molecule has 0 bridgehead atoms. The third kappa shape index (κ3) is 7.69. The molecule has 0 aliphatic carbocycles. The fourth-order valence-electron chi connectivity index (χ4n) is 2.11. The molecule has 0 fully saturated rings. The Morgan fingerprint density at radius 1 is 0.895 bits per heavy atom. The Bertz CT molecular complexity index is 353. The van der Waals surface area contributed by atoms with E-state index >= 15 is 0 Å². The molecule has 0 saturated carbocycles.